The first-order valence-electron chi connectivity index (χ1n) is 12.3. The normalized spacial score (nSPS) is 11.5. The van der Waals surface area contributed by atoms with E-state index in [2.05, 4.69) is 10.1 Å². The summed E-state index contributed by atoms with van der Waals surface area (Å²) in [6.45, 7) is 4.74. The predicted molar refractivity (Wildman–Crippen MR) is 143 cm³/mol. The smallest absolute Gasteiger partial charge is 0.336 e. The van der Waals surface area contributed by atoms with E-state index >= 15 is 0 Å². The Morgan fingerprint density at radius 2 is 1.87 bits per heavy atom. The zero-order valence-corrected chi connectivity index (χ0v) is 22.1. The second-order valence-corrected chi connectivity index (χ2v) is 9.34. The number of nitrogens with zero attached hydrogens (tertiary/aromatic N) is 3. The van der Waals surface area contributed by atoms with Crippen molar-refractivity contribution >= 4 is 28.8 Å². The number of halogens is 3. The summed E-state index contributed by atoms with van der Waals surface area (Å²) < 4.78 is 45.5. The summed E-state index contributed by atoms with van der Waals surface area (Å²) in [5, 5.41) is 5.57. The minimum atomic E-state index is -0.791. The van der Waals surface area contributed by atoms with Crippen LogP contribution >= 0.6 is 11.6 Å². The van der Waals surface area contributed by atoms with Crippen molar-refractivity contribution in [2.24, 2.45) is 12.0 Å². The molecular formula is C28H28ClF2N3O4. The summed E-state index contributed by atoms with van der Waals surface area (Å²) in [5.74, 6) is -0.735. The average molecular weight is 544 g/mol. The number of hydrogen-bond donors (Lipinski definition) is 0. The molecule has 0 spiro atoms. The zero-order chi connectivity index (χ0) is 27.2. The molecule has 0 radical (unpaired) electrons. The van der Waals surface area contributed by atoms with Gasteiger partial charge in [-0.1, -0.05) is 18.0 Å². The van der Waals surface area contributed by atoms with Crippen LogP contribution in [0.3, 0.4) is 0 Å². The molecule has 0 saturated heterocycles. The Balaban J connectivity index is 1.23. The van der Waals surface area contributed by atoms with Crippen LogP contribution in [-0.2, 0) is 7.05 Å². The lowest BCUT2D eigenvalue weighted by Gasteiger charge is -2.09. The summed E-state index contributed by atoms with van der Waals surface area (Å²) in [4.78, 5) is 16.1. The first-order valence-corrected chi connectivity index (χ1v) is 12.6. The molecule has 4 aromatic rings. The maximum absolute atomic E-state index is 14.0. The van der Waals surface area contributed by atoms with Gasteiger partial charge in [-0.15, -0.1) is 0 Å². The summed E-state index contributed by atoms with van der Waals surface area (Å²) in [6.07, 6.45) is 5.28. The lowest BCUT2D eigenvalue weighted by atomic mass is 10.1. The summed E-state index contributed by atoms with van der Waals surface area (Å²) in [5.41, 5.74) is 2.18. The Hall–Kier alpha value is -3.72. The van der Waals surface area contributed by atoms with Crippen LogP contribution in [0.25, 0.3) is 11.0 Å². The van der Waals surface area contributed by atoms with Gasteiger partial charge in [-0.2, -0.15) is 5.10 Å². The van der Waals surface area contributed by atoms with E-state index < -0.39 is 17.3 Å². The highest BCUT2D eigenvalue weighted by atomic mass is 35.5. The SMILES string of the molecule is Cc1nn(C)c(Oc2ccc(F)cc2F)c1C=NCCCCCCOc1cc2oc(=O)cc(C)c2cc1Cl. The third-order valence-electron chi connectivity index (χ3n) is 5.98. The van der Waals surface area contributed by atoms with Gasteiger partial charge in [0.25, 0.3) is 0 Å². The minimum Gasteiger partial charge on any atom is -0.492 e. The van der Waals surface area contributed by atoms with Gasteiger partial charge in [0.15, 0.2) is 11.6 Å². The average Bonchev–Trinajstić information content (AvgIpc) is 3.12. The van der Waals surface area contributed by atoms with E-state index in [1.54, 1.807) is 25.4 Å². The van der Waals surface area contributed by atoms with Gasteiger partial charge in [-0.05, 0) is 56.9 Å². The van der Waals surface area contributed by atoms with Crippen molar-refractivity contribution in [1.82, 2.24) is 9.78 Å². The van der Waals surface area contributed by atoms with Crippen LogP contribution in [0.5, 0.6) is 17.4 Å². The summed E-state index contributed by atoms with van der Waals surface area (Å²) >= 11 is 6.34. The fraction of sp³-hybridized carbons (Fsp3) is 0.321. The van der Waals surface area contributed by atoms with E-state index in [-0.39, 0.29) is 5.75 Å². The number of aryl methyl sites for hydroxylation is 3. The van der Waals surface area contributed by atoms with Crippen molar-refractivity contribution < 1.29 is 22.7 Å². The molecule has 0 bridgehead atoms. The molecule has 0 N–H and O–H groups in total. The largest absolute Gasteiger partial charge is 0.492 e. The molecule has 0 fully saturated rings. The van der Waals surface area contributed by atoms with Gasteiger partial charge >= 0.3 is 5.63 Å². The fourth-order valence-corrected chi connectivity index (χ4v) is 4.23. The number of fused-ring (bicyclic) bond motifs is 1. The van der Waals surface area contributed by atoms with Crippen molar-refractivity contribution in [3.8, 4) is 17.4 Å². The molecule has 200 valence electrons. The van der Waals surface area contributed by atoms with Gasteiger partial charge in [0.2, 0.25) is 5.88 Å². The van der Waals surface area contributed by atoms with Crippen LogP contribution in [0, 0.1) is 25.5 Å². The summed E-state index contributed by atoms with van der Waals surface area (Å²) in [6, 6.07) is 7.99. The third-order valence-corrected chi connectivity index (χ3v) is 6.27. The zero-order valence-electron chi connectivity index (χ0n) is 21.4. The molecule has 4 rings (SSSR count). The lowest BCUT2D eigenvalue weighted by Crippen LogP contribution is -2.01. The maximum Gasteiger partial charge on any atom is 0.336 e. The van der Waals surface area contributed by atoms with Crippen molar-refractivity contribution in [2.75, 3.05) is 13.2 Å². The molecule has 10 heteroatoms. The molecule has 38 heavy (non-hydrogen) atoms. The molecular weight excluding hydrogens is 516 g/mol. The van der Waals surface area contributed by atoms with E-state index in [0.717, 1.165) is 48.8 Å². The second kappa shape index (κ2) is 12.2. The Morgan fingerprint density at radius 1 is 1.08 bits per heavy atom. The molecule has 0 aliphatic rings. The van der Waals surface area contributed by atoms with Crippen LogP contribution in [-0.4, -0.2) is 29.1 Å². The Bertz CT molecular complexity index is 1530. The standard InChI is InChI=1S/C28H28ClF2N3O4/c1-17-12-27(35)37-25-15-26(22(29)14-20(17)25)36-11-7-5-4-6-10-32-16-21-18(2)33-34(3)28(21)38-24-9-8-19(30)13-23(24)31/h8-9,12-16H,4-7,10-11H2,1-3H3. The van der Waals surface area contributed by atoms with E-state index in [0.29, 0.717) is 46.6 Å². The maximum atomic E-state index is 14.0. The van der Waals surface area contributed by atoms with E-state index in [9.17, 15) is 13.6 Å². The highest BCUT2D eigenvalue weighted by Gasteiger charge is 2.16. The van der Waals surface area contributed by atoms with Gasteiger partial charge in [0, 0.05) is 43.4 Å². The van der Waals surface area contributed by atoms with Crippen LogP contribution < -0.4 is 15.1 Å². The molecule has 0 amide bonds. The Labute approximate surface area is 223 Å². The van der Waals surface area contributed by atoms with Crippen LogP contribution in [0.2, 0.25) is 5.02 Å². The monoisotopic (exact) mass is 543 g/mol. The first kappa shape index (κ1) is 27.3. The molecule has 7 nitrogen and oxygen atoms in total. The number of ether oxygens (including phenoxy) is 2. The Morgan fingerprint density at radius 3 is 2.66 bits per heavy atom. The fourth-order valence-electron chi connectivity index (χ4n) is 4.01. The molecule has 0 aliphatic heterocycles. The van der Waals surface area contributed by atoms with Crippen molar-refractivity contribution in [1.29, 1.82) is 0 Å². The molecule has 2 heterocycles. The van der Waals surface area contributed by atoms with Crippen LogP contribution in [0.1, 0.15) is 42.5 Å². The quantitative estimate of drug-likeness (QED) is 0.116. The van der Waals surface area contributed by atoms with Gasteiger partial charge < -0.3 is 13.9 Å². The topological polar surface area (TPSA) is 78.8 Å². The van der Waals surface area contributed by atoms with E-state index in [1.165, 1.54) is 16.8 Å². The van der Waals surface area contributed by atoms with Crippen molar-refractivity contribution in [2.45, 2.75) is 39.5 Å². The van der Waals surface area contributed by atoms with Crippen LogP contribution in [0.4, 0.5) is 8.78 Å². The number of aromatic nitrogens is 2. The lowest BCUT2D eigenvalue weighted by molar-refractivity contribution is 0.305. The number of rotatable bonds is 11. The van der Waals surface area contributed by atoms with Gasteiger partial charge in [0.05, 0.1) is 22.9 Å². The molecule has 0 aliphatic carbocycles. The predicted octanol–water partition coefficient (Wildman–Crippen LogP) is 6.93. The third kappa shape index (κ3) is 6.58. The van der Waals surface area contributed by atoms with E-state index in [1.807, 2.05) is 13.8 Å². The van der Waals surface area contributed by atoms with Gasteiger partial charge in [0.1, 0.15) is 17.1 Å². The van der Waals surface area contributed by atoms with E-state index in [4.69, 9.17) is 25.5 Å². The first-order chi connectivity index (χ1) is 18.2. The number of benzene rings is 2. The van der Waals surface area contributed by atoms with Crippen molar-refractivity contribution in [3.05, 3.63) is 80.3 Å². The molecule has 0 saturated carbocycles. The van der Waals surface area contributed by atoms with Gasteiger partial charge in [-0.3, -0.25) is 4.99 Å². The summed E-state index contributed by atoms with van der Waals surface area (Å²) in [7, 11) is 1.69. The molecule has 2 aromatic carbocycles. The molecule has 0 unspecified atom stereocenters. The number of aliphatic imine (C=N–C) groups is 1. The minimum absolute atomic E-state index is 0.0871. The highest BCUT2D eigenvalue weighted by Crippen LogP contribution is 2.31. The highest BCUT2D eigenvalue weighted by molar-refractivity contribution is 6.32. The second-order valence-electron chi connectivity index (χ2n) is 8.93. The molecule has 2 aromatic heterocycles. The van der Waals surface area contributed by atoms with Crippen LogP contribution in [0.15, 0.2) is 50.6 Å². The van der Waals surface area contributed by atoms with Gasteiger partial charge in [-0.25, -0.2) is 18.3 Å². The van der Waals surface area contributed by atoms with Crippen molar-refractivity contribution in [3.63, 3.8) is 0 Å². The number of unbranched alkanes of at least 4 members (excludes halogenated alkanes) is 3. The number of hydrogen-bond acceptors (Lipinski definition) is 6. The molecule has 0 atom stereocenters. The Kier molecular flexibility index (Phi) is 8.78.